The third-order valence-corrected chi connectivity index (χ3v) is 3.39. The van der Waals surface area contributed by atoms with Crippen molar-refractivity contribution in [3.05, 3.63) is 24.0 Å². The van der Waals surface area contributed by atoms with E-state index < -0.39 is 6.61 Å². The zero-order chi connectivity index (χ0) is 15.1. The average Bonchev–Trinajstić information content (AvgIpc) is 2.47. The lowest BCUT2D eigenvalue weighted by Crippen LogP contribution is -2.41. The van der Waals surface area contributed by atoms with Crippen molar-refractivity contribution < 1.29 is 13.5 Å². The van der Waals surface area contributed by atoms with Crippen molar-refractivity contribution in [1.82, 2.24) is 10.3 Å². The van der Waals surface area contributed by atoms with E-state index in [1.165, 1.54) is 31.5 Å². The second kappa shape index (κ2) is 7.75. The molecule has 1 aliphatic rings. The highest BCUT2D eigenvalue weighted by molar-refractivity contribution is 5.78. The summed E-state index contributed by atoms with van der Waals surface area (Å²) in [6.45, 7) is -2.54. The van der Waals surface area contributed by atoms with Crippen LogP contribution in [-0.2, 0) is 6.54 Å². The standard InChI is InChI=1S/C14H20F2N4O/c15-13(16)21-12-7-6-11(18-9-12)8-19-14(17)20-10-4-2-1-3-5-10/h6-7,9-10,13H,1-5,8H2,(H3,17,19,20). The molecule has 21 heavy (non-hydrogen) atoms. The molecule has 0 atom stereocenters. The number of rotatable bonds is 5. The lowest BCUT2D eigenvalue weighted by Gasteiger charge is -2.23. The van der Waals surface area contributed by atoms with E-state index in [1.54, 1.807) is 6.07 Å². The summed E-state index contributed by atoms with van der Waals surface area (Å²) in [7, 11) is 0. The van der Waals surface area contributed by atoms with Gasteiger partial charge in [-0.05, 0) is 25.0 Å². The van der Waals surface area contributed by atoms with Gasteiger partial charge in [0, 0.05) is 6.04 Å². The van der Waals surface area contributed by atoms with E-state index in [4.69, 9.17) is 5.73 Å². The van der Waals surface area contributed by atoms with Gasteiger partial charge in [-0.25, -0.2) is 4.99 Å². The fourth-order valence-corrected chi connectivity index (χ4v) is 2.34. The van der Waals surface area contributed by atoms with Crippen LogP contribution in [0.15, 0.2) is 23.3 Å². The molecule has 116 valence electrons. The van der Waals surface area contributed by atoms with E-state index in [-0.39, 0.29) is 5.75 Å². The van der Waals surface area contributed by atoms with Gasteiger partial charge in [-0.1, -0.05) is 19.3 Å². The fraction of sp³-hybridized carbons (Fsp3) is 0.571. The average molecular weight is 298 g/mol. The summed E-state index contributed by atoms with van der Waals surface area (Å²) in [5, 5.41) is 3.20. The molecule has 1 aliphatic carbocycles. The van der Waals surface area contributed by atoms with E-state index in [0.717, 1.165) is 12.8 Å². The maximum atomic E-state index is 12.0. The van der Waals surface area contributed by atoms with Crippen molar-refractivity contribution in [3.63, 3.8) is 0 Å². The molecule has 0 amide bonds. The SMILES string of the molecule is NC(=NCc1ccc(OC(F)F)cn1)NC1CCCCC1. The maximum absolute atomic E-state index is 12.0. The van der Waals surface area contributed by atoms with Crippen LogP contribution in [0.3, 0.4) is 0 Å². The van der Waals surface area contributed by atoms with Crippen molar-refractivity contribution in [2.75, 3.05) is 0 Å². The van der Waals surface area contributed by atoms with E-state index in [2.05, 4.69) is 20.0 Å². The Morgan fingerprint density at radius 3 is 2.76 bits per heavy atom. The first-order valence-corrected chi connectivity index (χ1v) is 7.09. The molecule has 1 saturated carbocycles. The summed E-state index contributed by atoms with van der Waals surface area (Å²) in [6, 6.07) is 3.43. The second-order valence-electron chi connectivity index (χ2n) is 5.04. The minimum absolute atomic E-state index is 0.0334. The van der Waals surface area contributed by atoms with Gasteiger partial charge in [0.2, 0.25) is 0 Å². The number of hydrogen-bond acceptors (Lipinski definition) is 3. The smallest absolute Gasteiger partial charge is 0.387 e. The number of hydrogen-bond donors (Lipinski definition) is 2. The van der Waals surface area contributed by atoms with Crippen LogP contribution in [0.4, 0.5) is 8.78 Å². The summed E-state index contributed by atoms with van der Waals surface area (Å²) < 4.78 is 28.2. The molecule has 7 heteroatoms. The van der Waals surface area contributed by atoms with Gasteiger partial charge < -0.3 is 15.8 Å². The van der Waals surface area contributed by atoms with Crippen LogP contribution in [0.2, 0.25) is 0 Å². The van der Waals surface area contributed by atoms with E-state index >= 15 is 0 Å². The zero-order valence-corrected chi connectivity index (χ0v) is 11.8. The van der Waals surface area contributed by atoms with Crippen molar-refractivity contribution >= 4 is 5.96 Å². The Morgan fingerprint density at radius 1 is 1.38 bits per heavy atom. The van der Waals surface area contributed by atoms with Gasteiger partial charge in [-0.2, -0.15) is 8.78 Å². The van der Waals surface area contributed by atoms with Gasteiger partial charge in [0.25, 0.3) is 0 Å². The first kappa shape index (κ1) is 15.5. The second-order valence-corrected chi connectivity index (χ2v) is 5.04. The van der Waals surface area contributed by atoms with E-state index in [1.807, 2.05) is 0 Å². The molecule has 1 fully saturated rings. The van der Waals surface area contributed by atoms with Crippen LogP contribution >= 0.6 is 0 Å². The minimum Gasteiger partial charge on any atom is -0.433 e. The number of pyridine rings is 1. The number of ether oxygens (including phenoxy) is 1. The molecule has 5 nitrogen and oxygen atoms in total. The minimum atomic E-state index is -2.84. The molecule has 0 spiro atoms. The highest BCUT2D eigenvalue weighted by Crippen LogP contribution is 2.17. The van der Waals surface area contributed by atoms with Gasteiger partial charge in [-0.3, -0.25) is 4.98 Å². The van der Waals surface area contributed by atoms with Crippen LogP contribution < -0.4 is 15.8 Å². The van der Waals surface area contributed by atoms with Crippen molar-refractivity contribution in [1.29, 1.82) is 0 Å². The van der Waals surface area contributed by atoms with Crippen molar-refractivity contribution in [2.24, 2.45) is 10.7 Å². The van der Waals surface area contributed by atoms with Crippen LogP contribution in [0, 0.1) is 0 Å². The van der Waals surface area contributed by atoms with Crippen LogP contribution in [-0.4, -0.2) is 23.6 Å². The Hall–Kier alpha value is -1.92. The summed E-state index contributed by atoms with van der Waals surface area (Å²) in [4.78, 5) is 8.21. The number of alkyl halides is 2. The number of aromatic nitrogens is 1. The molecular weight excluding hydrogens is 278 g/mol. The number of halogens is 2. The van der Waals surface area contributed by atoms with E-state index in [0.29, 0.717) is 24.2 Å². The predicted octanol–water partition coefficient (Wildman–Crippen LogP) is 2.42. The number of guanidine groups is 1. The number of nitrogens with two attached hydrogens (primary N) is 1. The monoisotopic (exact) mass is 298 g/mol. The summed E-state index contributed by atoms with van der Waals surface area (Å²) in [5.74, 6) is 0.433. The van der Waals surface area contributed by atoms with Gasteiger partial charge in [0.1, 0.15) is 5.75 Å². The quantitative estimate of drug-likeness (QED) is 0.647. The normalized spacial score (nSPS) is 17.0. The Kier molecular flexibility index (Phi) is 5.71. The van der Waals surface area contributed by atoms with Gasteiger partial charge in [-0.15, -0.1) is 0 Å². The van der Waals surface area contributed by atoms with Crippen LogP contribution in [0.1, 0.15) is 37.8 Å². The van der Waals surface area contributed by atoms with Gasteiger partial charge in [0.15, 0.2) is 5.96 Å². The van der Waals surface area contributed by atoms with E-state index in [9.17, 15) is 8.78 Å². The van der Waals surface area contributed by atoms with Crippen LogP contribution in [0.25, 0.3) is 0 Å². The summed E-state index contributed by atoms with van der Waals surface area (Å²) >= 11 is 0. The fourth-order valence-electron chi connectivity index (χ4n) is 2.34. The maximum Gasteiger partial charge on any atom is 0.387 e. The number of nitrogens with one attached hydrogen (secondary N) is 1. The molecule has 0 aromatic carbocycles. The third kappa shape index (κ3) is 5.53. The molecule has 0 bridgehead atoms. The Labute approximate surface area is 122 Å². The lowest BCUT2D eigenvalue weighted by molar-refractivity contribution is -0.0500. The molecule has 3 N–H and O–H groups in total. The van der Waals surface area contributed by atoms with Crippen molar-refractivity contribution in [2.45, 2.75) is 51.3 Å². The largest absolute Gasteiger partial charge is 0.433 e. The Balaban J connectivity index is 1.81. The van der Waals surface area contributed by atoms with Gasteiger partial charge in [0.05, 0.1) is 18.4 Å². The Morgan fingerprint density at radius 2 is 2.14 bits per heavy atom. The summed E-state index contributed by atoms with van der Waals surface area (Å²) in [6.07, 6.45) is 7.21. The van der Waals surface area contributed by atoms with Gasteiger partial charge >= 0.3 is 6.61 Å². The lowest BCUT2D eigenvalue weighted by atomic mass is 9.96. The number of aliphatic imine (C=N–C) groups is 1. The molecule has 1 aromatic rings. The predicted molar refractivity (Wildman–Crippen MR) is 76.2 cm³/mol. The van der Waals surface area contributed by atoms with Crippen LogP contribution in [0.5, 0.6) is 5.75 Å². The molecule has 0 radical (unpaired) electrons. The molecule has 0 saturated heterocycles. The molecule has 0 aliphatic heterocycles. The molecule has 2 rings (SSSR count). The molecule has 0 unspecified atom stereocenters. The first-order chi connectivity index (χ1) is 10.1. The highest BCUT2D eigenvalue weighted by Gasteiger charge is 2.13. The Bertz CT molecular complexity index is 459. The first-order valence-electron chi connectivity index (χ1n) is 7.09. The topological polar surface area (TPSA) is 72.5 Å². The third-order valence-electron chi connectivity index (χ3n) is 3.39. The number of nitrogens with zero attached hydrogens (tertiary/aromatic N) is 2. The molecule has 1 heterocycles. The van der Waals surface area contributed by atoms with Crippen molar-refractivity contribution in [3.8, 4) is 5.75 Å². The molecule has 1 aromatic heterocycles. The highest BCUT2D eigenvalue weighted by atomic mass is 19.3. The molecular formula is C14H20F2N4O. The zero-order valence-electron chi connectivity index (χ0n) is 11.8. The summed E-state index contributed by atoms with van der Waals surface area (Å²) in [5.41, 5.74) is 6.48.